The molecule has 24 heavy (non-hydrogen) atoms. The van der Waals surface area contributed by atoms with Crippen molar-refractivity contribution in [2.75, 3.05) is 5.32 Å². The number of nitrogens with one attached hydrogen (secondary N) is 1. The number of carboxylic acid groups (broad SMARTS) is 1. The second-order valence-corrected chi connectivity index (χ2v) is 5.37. The van der Waals surface area contributed by atoms with E-state index in [0.717, 1.165) is 5.56 Å². The smallest absolute Gasteiger partial charge is 0.371 e. The number of aromatic carboxylic acids is 1. The Morgan fingerprint density at radius 2 is 1.75 bits per heavy atom. The third-order valence-corrected chi connectivity index (χ3v) is 3.54. The highest BCUT2D eigenvalue weighted by molar-refractivity contribution is 6.04. The number of carboxylic acids is 1. The Morgan fingerprint density at radius 1 is 1.00 bits per heavy atom. The van der Waals surface area contributed by atoms with Gasteiger partial charge < -0.3 is 14.8 Å². The van der Waals surface area contributed by atoms with Gasteiger partial charge in [0.25, 0.3) is 5.91 Å². The average molecular weight is 321 g/mol. The van der Waals surface area contributed by atoms with Crippen molar-refractivity contribution in [1.82, 2.24) is 0 Å². The van der Waals surface area contributed by atoms with Gasteiger partial charge >= 0.3 is 5.97 Å². The quantitative estimate of drug-likeness (QED) is 0.754. The third kappa shape index (κ3) is 3.35. The molecule has 120 valence electrons. The van der Waals surface area contributed by atoms with Crippen LogP contribution in [0, 0.1) is 6.92 Å². The van der Waals surface area contributed by atoms with E-state index in [-0.39, 0.29) is 11.7 Å². The Bertz CT molecular complexity index is 894. The first kappa shape index (κ1) is 15.6. The second-order valence-electron chi connectivity index (χ2n) is 5.37. The van der Waals surface area contributed by atoms with E-state index in [9.17, 15) is 9.59 Å². The summed E-state index contributed by atoms with van der Waals surface area (Å²) in [7, 11) is 0. The summed E-state index contributed by atoms with van der Waals surface area (Å²) in [4.78, 5) is 23.1. The minimum Gasteiger partial charge on any atom is -0.475 e. The molecule has 0 radical (unpaired) electrons. The number of furan rings is 1. The van der Waals surface area contributed by atoms with Gasteiger partial charge in [0.1, 0.15) is 5.76 Å². The van der Waals surface area contributed by atoms with Crippen LogP contribution in [0.2, 0.25) is 0 Å². The van der Waals surface area contributed by atoms with Crippen molar-refractivity contribution in [1.29, 1.82) is 0 Å². The molecule has 2 aromatic carbocycles. The fraction of sp³-hybridized carbons (Fsp3) is 0.0526. The van der Waals surface area contributed by atoms with Crippen molar-refractivity contribution in [3.63, 3.8) is 0 Å². The minimum absolute atomic E-state index is 0.126. The molecule has 5 heteroatoms. The average Bonchev–Trinajstić information content (AvgIpc) is 3.06. The minimum atomic E-state index is -1.12. The molecule has 0 saturated carbocycles. The van der Waals surface area contributed by atoms with Crippen LogP contribution in [0.3, 0.4) is 0 Å². The van der Waals surface area contributed by atoms with Crippen LogP contribution in [0.1, 0.15) is 26.5 Å². The molecule has 0 saturated heterocycles. The van der Waals surface area contributed by atoms with Gasteiger partial charge in [0.15, 0.2) is 0 Å². The first-order valence-corrected chi connectivity index (χ1v) is 7.34. The van der Waals surface area contributed by atoms with E-state index in [1.807, 2.05) is 19.1 Å². The van der Waals surface area contributed by atoms with Crippen molar-refractivity contribution in [2.45, 2.75) is 6.92 Å². The van der Waals surface area contributed by atoms with Crippen molar-refractivity contribution in [3.05, 3.63) is 77.6 Å². The Kier molecular flexibility index (Phi) is 4.16. The number of anilines is 1. The molecular formula is C19H15NO4. The molecule has 1 heterocycles. The molecule has 0 spiro atoms. The van der Waals surface area contributed by atoms with Gasteiger partial charge in [0.05, 0.1) is 0 Å². The van der Waals surface area contributed by atoms with Gasteiger partial charge in [-0.3, -0.25) is 4.79 Å². The van der Waals surface area contributed by atoms with Crippen molar-refractivity contribution in [3.8, 4) is 11.3 Å². The SMILES string of the molecule is Cc1ccc(C(=O)Nc2cccc(-c3ccc(C(=O)O)o3)c2)cc1. The fourth-order valence-corrected chi connectivity index (χ4v) is 2.27. The maximum atomic E-state index is 12.3. The van der Waals surface area contributed by atoms with E-state index < -0.39 is 5.97 Å². The Morgan fingerprint density at radius 3 is 2.42 bits per heavy atom. The van der Waals surface area contributed by atoms with Gasteiger partial charge in [-0.2, -0.15) is 0 Å². The van der Waals surface area contributed by atoms with Crippen LogP contribution < -0.4 is 5.32 Å². The Labute approximate surface area is 138 Å². The normalized spacial score (nSPS) is 10.4. The molecule has 0 aliphatic carbocycles. The van der Waals surface area contributed by atoms with Crippen molar-refractivity contribution in [2.24, 2.45) is 0 Å². The number of amides is 1. The predicted octanol–water partition coefficient (Wildman–Crippen LogP) is 4.21. The molecule has 3 aromatic rings. The number of hydrogen-bond donors (Lipinski definition) is 2. The van der Waals surface area contributed by atoms with E-state index in [1.165, 1.54) is 6.07 Å². The van der Waals surface area contributed by atoms with Gasteiger partial charge in [-0.1, -0.05) is 29.8 Å². The first-order chi connectivity index (χ1) is 11.5. The van der Waals surface area contributed by atoms with E-state index in [1.54, 1.807) is 42.5 Å². The van der Waals surface area contributed by atoms with Gasteiger partial charge in [0.2, 0.25) is 5.76 Å². The molecule has 0 aliphatic rings. The molecule has 0 atom stereocenters. The maximum absolute atomic E-state index is 12.3. The van der Waals surface area contributed by atoms with Crippen LogP contribution in [0.5, 0.6) is 0 Å². The zero-order chi connectivity index (χ0) is 17.1. The molecule has 0 fully saturated rings. The summed E-state index contributed by atoms with van der Waals surface area (Å²) in [5.41, 5.74) is 2.94. The van der Waals surface area contributed by atoms with Gasteiger partial charge in [-0.25, -0.2) is 4.79 Å². The van der Waals surface area contributed by atoms with Crippen LogP contribution in [0.25, 0.3) is 11.3 Å². The lowest BCUT2D eigenvalue weighted by atomic mass is 10.1. The molecular weight excluding hydrogens is 306 g/mol. The number of rotatable bonds is 4. The molecule has 3 rings (SSSR count). The molecule has 2 N–H and O–H groups in total. The second kappa shape index (κ2) is 6.42. The van der Waals surface area contributed by atoms with Crippen LogP contribution in [-0.4, -0.2) is 17.0 Å². The predicted molar refractivity (Wildman–Crippen MR) is 90.2 cm³/mol. The van der Waals surface area contributed by atoms with Crippen LogP contribution in [-0.2, 0) is 0 Å². The van der Waals surface area contributed by atoms with Crippen LogP contribution >= 0.6 is 0 Å². The molecule has 1 amide bonds. The highest BCUT2D eigenvalue weighted by Gasteiger charge is 2.11. The van der Waals surface area contributed by atoms with E-state index in [0.29, 0.717) is 22.6 Å². The highest BCUT2D eigenvalue weighted by Crippen LogP contribution is 2.25. The topological polar surface area (TPSA) is 79.5 Å². The fourth-order valence-electron chi connectivity index (χ4n) is 2.27. The summed E-state index contributed by atoms with van der Waals surface area (Å²) in [5.74, 6) is -1.03. The number of hydrogen-bond acceptors (Lipinski definition) is 3. The van der Waals surface area contributed by atoms with Crippen molar-refractivity contribution >= 4 is 17.6 Å². The standard InChI is InChI=1S/C19H15NO4/c1-12-5-7-13(8-6-12)18(21)20-15-4-2-3-14(11-15)16-9-10-17(24-16)19(22)23/h2-11H,1H3,(H,20,21)(H,22,23). The lowest BCUT2D eigenvalue weighted by Gasteiger charge is -2.07. The van der Waals surface area contributed by atoms with Crippen LogP contribution in [0.15, 0.2) is 65.1 Å². The van der Waals surface area contributed by atoms with Gasteiger partial charge in [-0.15, -0.1) is 0 Å². The van der Waals surface area contributed by atoms with Crippen LogP contribution in [0.4, 0.5) is 5.69 Å². The zero-order valence-electron chi connectivity index (χ0n) is 12.9. The maximum Gasteiger partial charge on any atom is 0.371 e. The molecule has 0 bridgehead atoms. The summed E-state index contributed by atoms with van der Waals surface area (Å²) < 4.78 is 5.28. The molecule has 1 aromatic heterocycles. The lowest BCUT2D eigenvalue weighted by Crippen LogP contribution is -2.11. The first-order valence-electron chi connectivity index (χ1n) is 7.34. The largest absolute Gasteiger partial charge is 0.475 e. The Hall–Kier alpha value is -3.34. The third-order valence-electron chi connectivity index (χ3n) is 3.54. The Balaban J connectivity index is 1.81. The number of carbonyl (C=O) groups is 2. The van der Waals surface area contributed by atoms with E-state index >= 15 is 0 Å². The van der Waals surface area contributed by atoms with Gasteiger partial charge in [-0.05, 0) is 43.3 Å². The van der Waals surface area contributed by atoms with Gasteiger partial charge in [0, 0.05) is 16.8 Å². The summed E-state index contributed by atoms with van der Waals surface area (Å²) >= 11 is 0. The van der Waals surface area contributed by atoms with E-state index in [4.69, 9.17) is 9.52 Å². The summed E-state index contributed by atoms with van der Waals surface area (Å²) in [6.45, 7) is 1.96. The van der Waals surface area contributed by atoms with E-state index in [2.05, 4.69) is 5.32 Å². The lowest BCUT2D eigenvalue weighted by molar-refractivity contribution is 0.0663. The summed E-state index contributed by atoms with van der Waals surface area (Å²) in [6, 6.07) is 17.3. The number of aryl methyl sites for hydroxylation is 1. The highest BCUT2D eigenvalue weighted by atomic mass is 16.4. The molecule has 5 nitrogen and oxygen atoms in total. The summed E-state index contributed by atoms with van der Waals surface area (Å²) in [5, 5.41) is 11.7. The monoisotopic (exact) mass is 321 g/mol. The zero-order valence-corrected chi connectivity index (χ0v) is 12.9. The molecule has 0 unspecified atom stereocenters. The van der Waals surface area contributed by atoms with Crippen molar-refractivity contribution < 1.29 is 19.1 Å². The molecule has 0 aliphatic heterocycles. The number of carbonyl (C=O) groups excluding carboxylic acids is 1. The summed E-state index contributed by atoms with van der Waals surface area (Å²) in [6.07, 6.45) is 0. The number of benzene rings is 2.